The van der Waals surface area contributed by atoms with Gasteiger partial charge in [-0.25, -0.2) is 14.1 Å². The number of benzene rings is 2. The molecule has 0 bridgehead atoms. The van der Waals surface area contributed by atoms with Crippen LogP contribution in [-0.4, -0.2) is 41.5 Å². The number of ether oxygens (including phenoxy) is 1. The number of phenols is 1. The number of urea groups is 1. The van der Waals surface area contributed by atoms with Crippen LogP contribution in [-0.2, 0) is 9.59 Å². The highest BCUT2D eigenvalue weighted by atomic mass is 35.5. The Kier molecular flexibility index (Phi) is 5.69. The summed E-state index contributed by atoms with van der Waals surface area (Å²) in [5.74, 6) is -2.31. The summed E-state index contributed by atoms with van der Waals surface area (Å²) < 4.78 is 18.6. The molecule has 0 saturated carbocycles. The lowest BCUT2D eigenvalue weighted by atomic mass is 10.1. The molecule has 0 radical (unpaired) electrons. The van der Waals surface area contributed by atoms with Gasteiger partial charge in [-0.3, -0.25) is 9.59 Å². The molecule has 4 amide bonds. The summed E-state index contributed by atoms with van der Waals surface area (Å²) in [6.45, 7) is -0.601. The number of amides is 4. The molecule has 0 spiro atoms. The van der Waals surface area contributed by atoms with Crippen molar-refractivity contribution in [3.63, 3.8) is 0 Å². The van der Waals surface area contributed by atoms with Crippen molar-refractivity contribution in [3.05, 3.63) is 58.5 Å². The fourth-order valence-corrected chi connectivity index (χ4v) is 2.83. The number of aromatic hydroxyl groups is 1. The molecule has 10 heteroatoms. The molecule has 3 N–H and O–H groups in total. The third kappa shape index (κ3) is 4.30. The quantitative estimate of drug-likeness (QED) is 0.510. The molecule has 1 fully saturated rings. The summed E-state index contributed by atoms with van der Waals surface area (Å²) in [4.78, 5) is 37.4. The van der Waals surface area contributed by atoms with E-state index in [0.717, 1.165) is 0 Å². The average molecular weight is 420 g/mol. The Bertz CT molecular complexity index is 1040. The van der Waals surface area contributed by atoms with Crippen LogP contribution < -0.4 is 15.4 Å². The number of halogens is 2. The van der Waals surface area contributed by atoms with E-state index < -0.39 is 30.2 Å². The van der Waals surface area contributed by atoms with Crippen LogP contribution in [0.25, 0.3) is 6.08 Å². The number of hydrogen-bond donors (Lipinski definition) is 3. The number of imide groups is 1. The molecule has 0 aliphatic carbocycles. The summed E-state index contributed by atoms with van der Waals surface area (Å²) in [6, 6.07) is 7.50. The number of hydrogen-bond acceptors (Lipinski definition) is 5. The Morgan fingerprint density at radius 1 is 1.34 bits per heavy atom. The highest BCUT2D eigenvalue weighted by Gasteiger charge is 2.35. The molecule has 0 unspecified atom stereocenters. The predicted octanol–water partition coefficient (Wildman–Crippen LogP) is 2.72. The minimum Gasteiger partial charge on any atom is -0.503 e. The molecular formula is C19H15ClFN3O5. The Hall–Kier alpha value is -3.59. The fraction of sp³-hybridized carbons (Fsp3) is 0.105. The number of nitrogens with one attached hydrogen (secondary N) is 2. The topological polar surface area (TPSA) is 108 Å². The van der Waals surface area contributed by atoms with E-state index in [1.807, 2.05) is 0 Å². The number of carbonyl (C=O) groups is 3. The molecule has 3 rings (SSSR count). The Morgan fingerprint density at radius 2 is 2.07 bits per heavy atom. The number of phenolic OH excluding ortho intramolecular Hbond substituents is 1. The van der Waals surface area contributed by atoms with Crippen molar-refractivity contribution in [2.24, 2.45) is 0 Å². The van der Waals surface area contributed by atoms with E-state index in [1.165, 1.54) is 49.6 Å². The second-order valence-electron chi connectivity index (χ2n) is 5.96. The number of methoxy groups -OCH3 is 1. The first-order chi connectivity index (χ1) is 13.8. The van der Waals surface area contributed by atoms with Crippen molar-refractivity contribution < 1.29 is 28.6 Å². The zero-order valence-electron chi connectivity index (χ0n) is 15.0. The molecular weight excluding hydrogens is 405 g/mol. The normalized spacial score (nSPS) is 14.9. The van der Waals surface area contributed by atoms with Gasteiger partial charge in [-0.05, 0) is 35.9 Å². The zero-order valence-corrected chi connectivity index (χ0v) is 15.8. The molecule has 8 nitrogen and oxygen atoms in total. The van der Waals surface area contributed by atoms with Crippen molar-refractivity contribution in [1.29, 1.82) is 0 Å². The van der Waals surface area contributed by atoms with Crippen molar-refractivity contribution in [2.75, 3.05) is 19.0 Å². The van der Waals surface area contributed by atoms with Crippen molar-refractivity contribution in [1.82, 2.24) is 10.2 Å². The highest BCUT2D eigenvalue weighted by Crippen LogP contribution is 2.35. The van der Waals surface area contributed by atoms with E-state index in [4.69, 9.17) is 16.3 Å². The van der Waals surface area contributed by atoms with Gasteiger partial charge in [0.2, 0.25) is 5.91 Å². The van der Waals surface area contributed by atoms with E-state index in [0.29, 0.717) is 10.5 Å². The van der Waals surface area contributed by atoms with E-state index in [9.17, 15) is 23.9 Å². The standard InChI is InChI=1S/C19H15ClFN3O5/c1-29-15-8-10(6-11(20)17(15)26)7-14-18(27)24(19(28)23-14)9-16(25)22-13-5-3-2-4-12(13)21/h2-8,26H,9H2,1H3,(H,22,25)(H,23,28)/b14-7+. The maximum absolute atomic E-state index is 13.6. The highest BCUT2D eigenvalue weighted by molar-refractivity contribution is 6.32. The number of anilines is 1. The summed E-state index contributed by atoms with van der Waals surface area (Å²) in [5, 5.41) is 14.4. The second kappa shape index (κ2) is 8.19. The van der Waals surface area contributed by atoms with E-state index in [2.05, 4.69) is 10.6 Å². The van der Waals surface area contributed by atoms with Crippen LogP contribution in [0.4, 0.5) is 14.9 Å². The van der Waals surface area contributed by atoms with Gasteiger partial charge in [0, 0.05) is 0 Å². The van der Waals surface area contributed by atoms with Crippen LogP contribution in [0.1, 0.15) is 5.56 Å². The number of carbonyl (C=O) groups excluding carboxylic acids is 3. The Morgan fingerprint density at radius 3 is 2.76 bits per heavy atom. The molecule has 1 saturated heterocycles. The molecule has 29 heavy (non-hydrogen) atoms. The van der Waals surface area contributed by atoms with Crippen LogP contribution in [0, 0.1) is 5.82 Å². The molecule has 1 aliphatic heterocycles. The van der Waals surface area contributed by atoms with Gasteiger partial charge in [0.25, 0.3) is 5.91 Å². The molecule has 2 aromatic rings. The largest absolute Gasteiger partial charge is 0.503 e. The maximum Gasteiger partial charge on any atom is 0.329 e. The van der Waals surface area contributed by atoms with Gasteiger partial charge < -0.3 is 20.5 Å². The summed E-state index contributed by atoms with van der Waals surface area (Å²) in [5.41, 5.74) is 0.217. The van der Waals surface area contributed by atoms with Gasteiger partial charge in [-0.15, -0.1) is 0 Å². The molecule has 0 atom stereocenters. The first-order valence-electron chi connectivity index (χ1n) is 8.25. The van der Waals surface area contributed by atoms with Crippen LogP contribution >= 0.6 is 11.6 Å². The van der Waals surface area contributed by atoms with Gasteiger partial charge in [-0.1, -0.05) is 23.7 Å². The summed E-state index contributed by atoms with van der Waals surface area (Å²) in [6.07, 6.45) is 1.32. The lowest BCUT2D eigenvalue weighted by molar-refractivity contribution is -0.127. The van der Waals surface area contributed by atoms with Gasteiger partial charge >= 0.3 is 6.03 Å². The third-order valence-corrected chi connectivity index (χ3v) is 4.28. The molecule has 1 aliphatic rings. The molecule has 2 aromatic carbocycles. The number of para-hydroxylation sites is 1. The molecule has 1 heterocycles. The first kappa shape index (κ1) is 20.2. The van der Waals surface area contributed by atoms with Gasteiger partial charge in [0.15, 0.2) is 11.5 Å². The third-order valence-electron chi connectivity index (χ3n) is 3.99. The number of nitrogens with zero attached hydrogens (tertiary/aromatic N) is 1. The van der Waals surface area contributed by atoms with E-state index in [-0.39, 0.29) is 27.9 Å². The Balaban J connectivity index is 1.76. The first-order valence-corrected chi connectivity index (χ1v) is 8.63. The summed E-state index contributed by atoms with van der Waals surface area (Å²) in [7, 11) is 1.33. The van der Waals surface area contributed by atoms with Crippen molar-refractivity contribution in [2.45, 2.75) is 0 Å². The molecule has 150 valence electrons. The SMILES string of the molecule is COc1cc(/C=C2/NC(=O)N(CC(=O)Nc3ccccc3F)C2=O)cc(Cl)c1O. The van der Waals surface area contributed by atoms with Gasteiger partial charge in [-0.2, -0.15) is 0 Å². The lowest BCUT2D eigenvalue weighted by Gasteiger charge is -2.12. The average Bonchev–Trinajstić information content (AvgIpc) is 2.93. The monoisotopic (exact) mass is 419 g/mol. The van der Waals surface area contributed by atoms with E-state index >= 15 is 0 Å². The van der Waals surface area contributed by atoms with Crippen LogP contribution in [0.3, 0.4) is 0 Å². The fourth-order valence-electron chi connectivity index (χ4n) is 2.61. The van der Waals surface area contributed by atoms with Crippen molar-refractivity contribution >= 4 is 41.2 Å². The second-order valence-corrected chi connectivity index (χ2v) is 6.37. The predicted molar refractivity (Wildman–Crippen MR) is 103 cm³/mol. The zero-order chi connectivity index (χ0) is 21.1. The smallest absolute Gasteiger partial charge is 0.329 e. The number of rotatable bonds is 5. The molecule has 0 aromatic heterocycles. The Labute approximate surface area is 169 Å². The lowest BCUT2D eigenvalue weighted by Crippen LogP contribution is -2.38. The van der Waals surface area contributed by atoms with Crippen LogP contribution in [0.2, 0.25) is 5.02 Å². The maximum atomic E-state index is 13.6. The van der Waals surface area contributed by atoms with Gasteiger partial charge in [0.1, 0.15) is 18.1 Å². The van der Waals surface area contributed by atoms with Crippen LogP contribution in [0.15, 0.2) is 42.1 Å². The van der Waals surface area contributed by atoms with Gasteiger partial charge in [0.05, 0.1) is 17.8 Å². The minimum absolute atomic E-state index is 0.00547. The minimum atomic E-state index is -0.804. The van der Waals surface area contributed by atoms with Crippen LogP contribution in [0.5, 0.6) is 11.5 Å². The summed E-state index contributed by atoms with van der Waals surface area (Å²) >= 11 is 5.91. The van der Waals surface area contributed by atoms with Crippen molar-refractivity contribution in [3.8, 4) is 11.5 Å². The van der Waals surface area contributed by atoms with E-state index in [1.54, 1.807) is 0 Å².